The van der Waals surface area contributed by atoms with Gasteiger partial charge in [0.25, 0.3) is 0 Å². The lowest BCUT2D eigenvalue weighted by Gasteiger charge is -2.38. The number of hydrogen-bond donors (Lipinski definition) is 3. The van der Waals surface area contributed by atoms with Gasteiger partial charge in [0.1, 0.15) is 18.3 Å². The van der Waals surface area contributed by atoms with E-state index in [0.29, 0.717) is 13.0 Å². The maximum Gasteiger partial charge on any atom is 0.344 e. The summed E-state index contributed by atoms with van der Waals surface area (Å²) < 4.78 is 10.5. The number of fused-ring (bicyclic) bond motifs is 1. The quantitative estimate of drug-likeness (QED) is 0.424. The molecule has 8 nitrogen and oxygen atoms in total. The molecule has 0 aromatic carbocycles. The Morgan fingerprint density at radius 1 is 1.40 bits per heavy atom. The molecule has 0 amide bonds. The molecule has 0 aromatic heterocycles. The first-order valence-electron chi connectivity index (χ1n) is 8.38. The number of carbonyl (C=O) groups is 2. The summed E-state index contributed by atoms with van der Waals surface area (Å²) in [5.74, 6) is -1.46. The highest BCUT2D eigenvalue weighted by atomic mass is 16.6. The third-order valence-electron chi connectivity index (χ3n) is 4.95. The average molecular weight is 357 g/mol. The Hall–Kier alpha value is -1.48. The Balaban J connectivity index is 2.05. The summed E-state index contributed by atoms with van der Waals surface area (Å²) in [7, 11) is 0. The summed E-state index contributed by atoms with van der Waals surface area (Å²) in [6, 6.07) is -0.154. The summed E-state index contributed by atoms with van der Waals surface area (Å²) in [5, 5.41) is 30.3. The van der Waals surface area contributed by atoms with Crippen LogP contribution in [0.25, 0.3) is 0 Å². The van der Waals surface area contributed by atoms with E-state index >= 15 is 0 Å². The van der Waals surface area contributed by atoms with Gasteiger partial charge >= 0.3 is 11.9 Å². The minimum Gasteiger partial charge on any atom is -0.460 e. The van der Waals surface area contributed by atoms with Gasteiger partial charge in [0.05, 0.1) is 12.1 Å². The van der Waals surface area contributed by atoms with Crippen LogP contribution >= 0.6 is 0 Å². The lowest BCUT2D eigenvalue weighted by Crippen LogP contribution is -2.63. The Morgan fingerprint density at radius 3 is 2.56 bits per heavy atom. The van der Waals surface area contributed by atoms with Crippen LogP contribution in [0.3, 0.4) is 0 Å². The van der Waals surface area contributed by atoms with Crippen molar-refractivity contribution in [2.24, 2.45) is 0 Å². The van der Waals surface area contributed by atoms with Gasteiger partial charge in [-0.2, -0.15) is 0 Å². The van der Waals surface area contributed by atoms with Crippen molar-refractivity contribution in [3.05, 3.63) is 11.6 Å². The number of hydrogen-bond acceptors (Lipinski definition) is 8. The average Bonchev–Trinajstić information content (AvgIpc) is 3.05. The molecule has 0 unspecified atom stereocenters. The number of rotatable bonds is 6. The molecule has 0 spiro atoms. The number of esters is 2. The zero-order valence-electron chi connectivity index (χ0n) is 15.1. The summed E-state index contributed by atoms with van der Waals surface area (Å²) in [5.41, 5.74) is -3.56. The van der Waals surface area contributed by atoms with Crippen molar-refractivity contribution in [3.63, 3.8) is 0 Å². The second kappa shape index (κ2) is 7.03. The fourth-order valence-corrected chi connectivity index (χ4v) is 3.53. The molecule has 4 atom stereocenters. The van der Waals surface area contributed by atoms with Crippen LogP contribution < -0.4 is 0 Å². The zero-order chi connectivity index (χ0) is 19.0. The second-order valence-corrected chi connectivity index (χ2v) is 7.23. The van der Waals surface area contributed by atoms with Crippen molar-refractivity contribution in [3.8, 4) is 0 Å². The van der Waals surface area contributed by atoms with Crippen LogP contribution in [0, 0.1) is 0 Å². The van der Waals surface area contributed by atoms with E-state index in [-0.39, 0.29) is 24.7 Å². The van der Waals surface area contributed by atoms with Crippen molar-refractivity contribution in [2.45, 2.75) is 63.6 Å². The lowest BCUT2D eigenvalue weighted by atomic mass is 9.81. The number of aliphatic hydroxyl groups excluding tert-OH is 1. The van der Waals surface area contributed by atoms with Crippen molar-refractivity contribution in [1.29, 1.82) is 0 Å². The molecule has 2 aliphatic rings. The van der Waals surface area contributed by atoms with E-state index in [1.807, 2.05) is 6.08 Å². The Kier molecular flexibility index (Phi) is 5.58. The van der Waals surface area contributed by atoms with Gasteiger partial charge in [0.2, 0.25) is 5.60 Å². The lowest BCUT2D eigenvalue weighted by molar-refractivity contribution is -0.213. The fraction of sp³-hybridized carbons (Fsp3) is 0.765. The highest BCUT2D eigenvalue weighted by Crippen LogP contribution is 2.32. The summed E-state index contributed by atoms with van der Waals surface area (Å²) in [6.07, 6.45) is 0.792. The van der Waals surface area contributed by atoms with E-state index in [1.165, 1.54) is 27.7 Å². The predicted molar refractivity (Wildman–Crippen MR) is 87.5 cm³/mol. The molecule has 1 fully saturated rings. The van der Waals surface area contributed by atoms with Gasteiger partial charge in [0.15, 0.2) is 0 Å². The molecule has 1 saturated heterocycles. The van der Waals surface area contributed by atoms with Gasteiger partial charge in [0, 0.05) is 20.0 Å². The number of nitrogens with zero attached hydrogens (tertiary/aromatic N) is 1. The van der Waals surface area contributed by atoms with E-state index in [4.69, 9.17) is 9.47 Å². The van der Waals surface area contributed by atoms with Gasteiger partial charge in [-0.05, 0) is 32.8 Å². The molecule has 8 heteroatoms. The van der Waals surface area contributed by atoms with Crippen LogP contribution in [-0.2, 0) is 19.1 Å². The monoisotopic (exact) mass is 357 g/mol. The number of ether oxygens (including phenoxy) is 2. The fourth-order valence-electron chi connectivity index (χ4n) is 3.53. The number of aliphatic hydroxyl groups is 3. The third-order valence-corrected chi connectivity index (χ3v) is 4.95. The van der Waals surface area contributed by atoms with Crippen LogP contribution in [0.15, 0.2) is 11.6 Å². The normalized spacial score (nSPS) is 27.2. The van der Waals surface area contributed by atoms with E-state index in [1.54, 1.807) is 0 Å². The molecule has 0 aliphatic carbocycles. The topological polar surface area (TPSA) is 117 Å². The molecular weight excluding hydrogens is 330 g/mol. The second-order valence-electron chi connectivity index (χ2n) is 7.23. The molecule has 2 heterocycles. The minimum atomic E-state index is -2.45. The largest absolute Gasteiger partial charge is 0.460 e. The van der Waals surface area contributed by atoms with Crippen LogP contribution in [0.5, 0.6) is 0 Å². The highest BCUT2D eigenvalue weighted by Gasteiger charge is 2.54. The summed E-state index contributed by atoms with van der Waals surface area (Å²) >= 11 is 0. The maximum absolute atomic E-state index is 12.3. The molecular formula is C17H27NO7. The van der Waals surface area contributed by atoms with Crippen LogP contribution in [0.2, 0.25) is 0 Å². The molecule has 3 N–H and O–H groups in total. The molecule has 0 radical (unpaired) electrons. The standard InChI is InChI=1S/C17H27NO7/c1-10(19)17(23,16(3,4)22)15(21)24-9-12-5-7-18-8-6-13(14(12)18)25-11(2)20/h5,10,13-14,19,22-23H,6-9H2,1-4H3/t10-,13+,14+,17-/m0/s1. The zero-order valence-corrected chi connectivity index (χ0v) is 15.1. The first-order chi connectivity index (χ1) is 11.5. The van der Waals surface area contributed by atoms with Crippen LogP contribution in [-0.4, -0.2) is 81.3 Å². The van der Waals surface area contributed by atoms with Gasteiger partial charge in [-0.1, -0.05) is 6.08 Å². The van der Waals surface area contributed by atoms with Crippen LogP contribution in [0.4, 0.5) is 0 Å². The smallest absolute Gasteiger partial charge is 0.344 e. The maximum atomic E-state index is 12.3. The molecule has 0 aromatic rings. The van der Waals surface area contributed by atoms with Crippen molar-refractivity contribution in [2.75, 3.05) is 19.7 Å². The Morgan fingerprint density at radius 2 is 2.04 bits per heavy atom. The molecule has 2 rings (SSSR count). The Labute approximate surface area is 147 Å². The summed E-state index contributed by atoms with van der Waals surface area (Å²) in [6.45, 7) is 6.36. The first-order valence-corrected chi connectivity index (χ1v) is 8.38. The van der Waals surface area contributed by atoms with Gasteiger partial charge < -0.3 is 24.8 Å². The van der Waals surface area contributed by atoms with Gasteiger partial charge in [-0.25, -0.2) is 4.79 Å². The minimum absolute atomic E-state index is 0.108. The van der Waals surface area contributed by atoms with Crippen molar-refractivity contribution >= 4 is 11.9 Å². The van der Waals surface area contributed by atoms with Crippen molar-refractivity contribution < 1.29 is 34.4 Å². The molecule has 25 heavy (non-hydrogen) atoms. The van der Waals surface area contributed by atoms with E-state index < -0.39 is 23.3 Å². The van der Waals surface area contributed by atoms with Crippen LogP contribution in [0.1, 0.15) is 34.1 Å². The third kappa shape index (κ3) is 3.72. The van der Waals surface area contributed by atoms with Gasteiger partial charge in [-0.15, -0.1) is 0 Å². The highest BCUT2D eigenvalue weighted by molar-refractivity contribution is 5.82. The molecule has 2 aliphatic heterocycles. The van der Waals surface area contributed by atoms with E-state index in [9.17, 15) is 24.9 Å². The van der Waals surface area contributed by atoms with E-state index in [0.717, 1.165) is 12.1 Å². The predicted octanol–water partition coefficient (Wildman–Crippen LogP) is -0.642. The van der Waals surface area contributed by atoms with Crippen molar-refractivity contribution in [1.82, 2.24) is 4.90 Å². The first kappa shape index (κ1) is 19.8. The summed E-state index contributed by atoms with van der Waals surface area (Å²) in [4.78, 5) is 25.7. The number of carbonyl (C=O) groups excluding carboxylic acids is 2. The molecule has 142 valence electrons. The Bertz CT molecular complexity index is 566. The van der Waals surface area contributed by atoms with E-state index in [2.05, 4.69) is 4.90 Å². The SMILES string of the molecule is CC(=O)O[C@@H]1CCN2CC=C(COC(=O)[C@@](O)([C@H](C)O)C(C)(C)O)[C@H]12. The van der Waals surface area contributed by atoms with Gasteiger partial charge in [-0.3, -0.25) is 9.69 Å². The molecule has 0 bridgehead atoms. The molecule has 0 saturated carbocycles.